The number of aromatic nitrogens is 4. The molecule has 0 spiro atoms. The Labute approximate surface area is 143 Å². The second-order valence-electron chi connectivity index (χ2n) is 5.46. The van der Waals surface area contributed by atoms with E-state index in [0.29, 0.717) is 41.3 Å². The van der Waals surface area contributed by atoms with Crippen molar-refractivity contribution in [3.05, 3.63) is 23.1 Å². The number of H-pyrrole nitrogens is 1. The highest BCUT2D eigenvalue weighted by atomic mass is 32.1. The highest BCUT2D eigenvalue weighted by molar-refractivity contribution is 7.71. The molecule has 0 aliphatic carbocycles. The van der Waals surface area contributed by atoms with Crippen LogP contribution in [0.3, 0.4) is 0 Å². The van der Waals surface area contributed by atoms with Crippen LogP contribution in [0.4, 0.5) is 5.95 Å². The Balaban J connectivity index is 1.91. The molecule has 1 unspecified atom stereocenters. The van der Waals surface area contributed by atoms with Gasteiger partial charge in [-0.15, -0.1) is 0 Å². The lowest BCUT2D eigenvalue weighted by atomic mass is 10.2. The summed E-state index contributed by atoms with van der Waals surface area (Å²) < 4.78 is 7.69. The Hall–Kier alpha value is -1.85. The zero-order valence-electron chi connectivity index (χ0n) is 12.9. The number of nitrogens with zero attached hydrogens (tertiary/aromatic N) is 3. The second-order valence-corrected chi connectivity index (χ2v) is 5.85. The first-order valence-corrected chi connectivity index (χ1v) is 8.05. The molecule has 6 N–H and O–H groups in total. The van der Waals surface area contributed by atoms with E-state index in [4.69, 9.17) is 22.7 Å². The van der Waals surface area contributed by atoms with Crippen LogP contribution in [0.15, 0.2) is 18.5 Å². The number of aliphatic hydroxyl groups excluding tert-OH is 2. The van der Waals surface area contributed by atoms with Gasteiger partial charge in [0.2, 0.25) is 5.95 Å². The van der Waals surface area contributed by atoms with Crippen LogP contribution in [0.25, 0.3) is 11.2 Å². The summed E-state index contributed by atoms with van der Waals surface area (Å²) in [5.74, 6) is 0.488. The lowest BCUT2D eigenvalue weighted by Gasteiger charge is -2.17. The number of anilines is 1. The zero-order chi connectivity index (χ0) is 17.1. The highest BCUT2D eigenvalue weighted by Gasteiger charge is 2.35. The minimum Gasteiger partial charge on any atom is -0.394 e. The number of nitrogens with two attached hydrogens (primary N) is 1. The fourth-order valence-electron chi connectivity index (χ4n) is 2.65. The monoisotopic (exact) mass is 352 g/mol. The van der Waals surface area contributed by atoms with E-state index in [9.17, 15) is 10.2 Å². The molecule has 2 aromatic rings. The van der Waals surface area contributed by atoms with Crippen LogP contribution in [0.5, 0.6) is 0 Å². The van der Waals surface area contributed by atoms with Gasteiger partial charge in [-0.25, -0.2) is 9.97 Å². The minimum atomic E-state index is -0.737. The van der Waals surface area contributed by atoms with Gasteiger partial charge >= 0.3 is 0 Å². The number of ether oxygens (including phenoxy) is 1. The van der Waals surface area contributed by atoms with Crippen molar-refractivity contribution >= 4 is 29.3 Å². The summed E-state index contributed by atoms with van der Waals surface area (Å²) in [6.07, 6.45) is 3.86. The van der Waals surface area contributed by atoms with Gasteiger partial charge in [-0.2, -0.15) is 0 Å². The standard InChI is InChI=1S/C14H20N6O3S/c15-3-1-2-4-16-14-18-11-10(12(24)19-14)17-7-20(11)13-9(22)5-8(6-21)23-13/h1-2,7-9,13,21-22H,3-6,15H2,(H2,16,18,19,24)/b2-1+/t8-,9?,13+/m0/s1. The molecule has 2 aromatic heterocycles. The van der Waals surface area contributed by atoms with E-state index < -0.39 is 18.4 Å². The summed E-state index contributed by atoms with van der Waals surface area (Å²) in [7, 11) is 0. The number of aliphatic hydroxyl groups is 2. The van der Waals surface area contributed by atoms with Crippen LogP contribution in [0.1, 0.15) is 12.6 Å². The average molecular weight is 352 g/mol. The molecule has 1 saturated heterocycles. The van der Waals surface area contributed by atoms with Crippen molar-refractivity contribution in [1.82, 2.24) is 19.5 Å². The van der Waals surface area contributed by atoms with E-state index in [1.54, 1.807) is 10.9 Å². The van der Waals surface area contributed by atoms with Crippen LogP contribution in [0, 0.1) is 4.64 Å². The normalized spacial score (nSPS) is 24.2. The SMILES string of the molecule is NC/C=C/CNc1nc(=S)c2ncn([C@@H]3O[C@H](CO)CC3O)c2[nH]1. The maximum Gasteiger partial charge on any atom is 0.203 e. The van der Waals surface area contributed by atoms with E-state index in [1.165, 1.54) is 0 Å². The van der Waals surface area contributed by atoms with Gasteiger partial charge in [-0.3, -0.25) is 4.57 Å². The van der Waals surface area contributed by atoms with Crippen molar-refractivity contribution in [2.24, 2.45) is 5.73 Å². The molecule has 1 fully saturated rings. The summed E-state index contributed by atoms with van der Waals surface area (Å²) in [6, 6.07) is 0. The lowest BCUT2D eigenvalue weighted by Crippen LogP contribution is -2.19. The van der Waals surface area contributed by atoms with Gasteiger partial charge in [0.25, 0.3) is 0 Å². The van der Waals surface area contributed by atoms with Gasteiger partial charge in [0.05, 0.1) is 19.0 Å². The van der Waals surface area contributed by atoms with Gasteiger partial charge in [0.15, 0.2) is 10.9 Å². The number of rotatable bonds is 6. The molecule has 3 atom stereocenters. The van der Waals surface area contributed by atoms with Crippen LogP contribution in [-0.4, -0.2) is 61.6 Å². The largest absolute Gasteiger partial charge is 0.394 e. The first kappa shape index (κ1) is 17.0. The molecule has 130 valence electrons. The van der Waals surface area contributed by atoms with Crippen LogP contribution in [-0.2, 0) is 4.74 Å². The van der Waals surface area contributed by atoms with Gasteiger partial charge in [0, 0.05) is 19.5 Å². The molecular weight excluding hydrogens is 332 g/mol. The maximum absolute atomic E-state index is 10.2. The van der Waals surface area contributed by atoms with E-state index >= 15 is 0 Å². The second kappa shape index (κ2) is 7.36. The van der Waals surface area contributed by atoms with Crippen molar-refractivity contribution in [3.8, 4) is 0 Å². The predicted octanol–water partition coefficient (Wildman–Crippen LogP) is 0.0564. The number of aromatic amines is 1. The van der Waals surface area contributed by atoms with E-state index in [2.05, 4.69) is 20.3 Å². The highest BCUT2D eigenvalue weighted by Crippen LogP contribution is 2.31. The Kier molecular flexibility index (Phi) is 5.21. The average Bonchev–Trinajstić information content (AvgIpc) is 3.15. The molecule has 24 heavy (non-hydrogen) atoms. The molecule has 1 aliphatic rings. The van der Waals surface area contributed by atoms with Crippen molar-refractivity contribution in [2.45, 2.75) is 24.9 Å². The molecule has 0 radical (unpaired) electrons. The molecule has 9 nitrogen and oxygen atoms in total. The molecule has 3 rings (SSSR count). The third-order valence-corrected chi connectivity index (χ3v) is 4.06. The maximum atomic E-state index is 10.2. The third-order valence-electron chi connectivity index (χ3n) is 3.78. The number of imidazole rings is 1. The van der Waals surface area contributed by atoms with E-state index in [0.717, 1.165) is 0 Å². The number of fused-ring (bicyclic) bond motifs is 1. The summed E-state index contributed by atoms with van der Waals surface area (Å²) in [5, 5.41) is 22.5. The molecule has 0 saturated carbocycles. The Bertz CT molecular complexity index is 788. The Morgan fingerprint density at radius 2 is 2.38 bits per heavy atom. The third kappa shape index (κ3) is 3.32. The molecule has 0 aromatic carbocycles. The van der Waals surface area contributed by atoms with Gasteiger partial charge in [0.1, 0.15) is 17.3 Å². The van der Waals surface area contributed by atoms with E-state index in [-0.39, 0.29) is 6.61 Å². The fraction of sp³-hybridized carbons (Fsp3) is 0.500. The van der Waals surface area contributed by atoms with Crippen LogP contribution >= 0.6 is 12.2 Å². The first-order chi connectivity index (χ1) is 11.6. The van der Waals surface area contributed by atoms with Crippen molar-refractivity contribution in [3.63, 3.8) is 0 Å². The summed E-state index contributed by atoms with van der Waals surface area (Å²) in [5.41, 5.74) is 6.52. The summed E-state index contributed by atoms with van der Waals surface area (Å²) in [4.78, 5) is 11.6. The summed E-state index contributed by atoms with van der Waals surface area (Å²) >= 11 is 5.28. The van der Waals surface area contributed by atoms with Crippen molar-refractivity contribution in [2.75, 3.05) is 25.0 Å². The Morgan fingerprint density at radius 3 is 3.08 bits per heavy atom. The number of hydrogen-bond acceptors (Lipinski definition) is 8. The Morgan fingerprint density at radius 1 is 1.54 bits per heavy atom. The van der Waals surface area contributed by atoms with Crippen LogP contribution < -0.4 is 11.1 Å². The fourth-order valence-corrected chi connectivity index (χ4v) is 2.89. The number of nitrogens with one attached hydrogen (secondary N) is 2. The van der Waals surface area contributed by atoms with E-state index in [1.807, 2.05) is 12.2 Å². The van der Waals surface area contributed by atoms with Crippen LogP contribution in [0.2, 0.25) is 0 Å². The predicted molar refractivity (Wildman–Crippen MR) is 91.0 cm³/mol. The summed E-state index contributed by atoms with van der Waals surface area (Å²) in [6.45, 7) is 0.877. The zero-order valence-corrected chi connectivity index (χ0v) is 13.7. The lowest BCUT2D eigenvalue weighted by molar-refractivity contribution is -0.0486. The van der Waals surface area contributed by atoms with Gasteiger partial charge < -0.3 is 31.0 Å². The molecule has 10 heteroatoms. The number of hydrogen-bond donors (Lipinski definition) is 5. The molecule has 0 bridgehead atoms. The minimum absolute atomic E-state index is 0.141. The molecule has 3 heterocycles. The molecule has 0 amide bonds. The topological polar surface area (TPSA) is 134 Å². The van der Waals surface area contributed by atoms with Gasteiger partial charge in [-0.05, 0) is 0 Å². The first-order valence-electron chi connectivity index (χ1n) is 7.64. The quantitative estimate of drug-likeness (QED) is 0.364. The van der Waals surface area contributed by atoms with Crippen molar-refractivity contribution < 1.29 is 14.9 Å². The smallest absolute Gasteiger partial charge is 0.203 e. The van der Waals surface area contributed by atoms with Gasteiger partial charge in [-0.1, -0.05) is 24.4 Å². The molecular formula is C14H20N6O3S. The molecule has 1 aliphatic heterocycles. The van der Waals surface area contributed by atoms with Crippen molar-refractivity contribution in [1.29, 1.82) is 0 Å².